The average molecular weight is 494 g/mol. The first-order valence-electron chi connectivity index (χ1n) is 8.57. The zero-order chi connectivity index (χ0) is 19.5. The first kappa shape index (κ1) is 18.7. The number of hydrogen-bond acceptors (Lipinski definition) is 3. The van der Waals surface area contributed by atoms with Crippen LogP contribution in [0.2, 0.25) is 0 Å². The van der Waals surface area contributed by atoms with Crippen molar-refractivity contribution in [3.05, 3.63) is 106 Å². The van der Waals surface area contributed by atoms with E-state index in [1.165, 1.54) is 0 Å². The highest BCUT2D eigenvalue weighted by molar-refractivity contribution is 9.10. The van der Waals surface area contributed by atoms with E-state index >= 15 is 0 Å². The largest absolute Gasteiger partial charge is 0.289 e. The van der Waals surface area contributed by atoms with E-state index in [-0.39, 0.29) is 5.78 Å². The molecule has 4 rings (SSSR count). The Hall–Kier alpha value is -2.63. The molecule has 0 atom stereocenters. The quantitative estimate of drug-likeness (QED) is 0.302. The number of ketones is 1. The van der Waals surface area contributed by atoms with Gasteiger partial charge in [-0.15, -0.1) is 0 Å². The van der Waals surface area contributed by atoms with Gasteiger partial charge in [-0.05, 0) is 55.1 Å². The third-order valence-corrected chi connectivity index (χ3v) is 5.24. The molecule has 0 saturated carbocycles. The summed E-state index contributed by atoms with van der Waals surface area (Å²) in [4.78, 5) is 21.2. The number of carbonyl (C=O) groups excluding carboxylic acids is 1. The highest BCUT2D eigenvalue weighted by Gasteiger charge is 2.10. The molecule has 3 nitrogen and oxygen atoms in total. The second-order valence-electron chi connectivity index (χ2n) is 6.27. The van der Waals surface area contributed by atoms with Crippen molar-refractivity contribution in [1.82, 2.24) is 9.97 Å². The van der Waals surface area contributed by atoms with Crippen molar-refractivity contribution < 1.29 is 4.79 Å². The fourth-order valence-electron chi connectivity index (χ4n) is 2.93. The minimum Gasteiger partial charge on any atom is -0.289 e. The highest BCUT2D eigenvalue weighted by Crippen LogP contribution is 2.25. The second kappa shape index (κ2) is 8.17. The summed E-state index contributed by atoms with van der Waals surface area (Å²) in [5.41, 5.74) is 5.35. The summed E-state index contributed by atoms with van der Waals surface area (Å²) in [6, 6.07) is 19.2. The number of hydrogen-bond donors (Lipinski definition) is 0. The van der Waals surface area contributed by atoms with Crippen LogP contribution in [0.5, 0.6) is 0 Å². The molecule has 0 saturated heterocycles. The van der Waals surface area contributed by atoms with Crippen LogP contribution in [0.1, 0.15) is 15.9 Å². The highest BCUT2D eigenvalue weighted by atomic mass is 79.9. The average Bonchev–Trinajstić information content (AvgIpc) is 2.73. The zero-order valence-electron chi connectivity index (χ0n) is 14.6. The van der Waals surface area contributed by atoms with Gasteiger partial charge < -0.3 is 0 Å². The molecular weight excluding hydrogens is 480 g/mol. The van der Waals surface area contributed by atoms with Gasteiger partial charge in [0, 0.05) is 56.0 Å². The molecule has 0 unspecified atom stereocenters. The molecule has 136 valence electrons. The van der Waals surface area contributed by atoms with Gasteiger partial charge in [-0.1, -0.05) is 48.5 Å². The van der Waals surface area contributed by atoms with Gasteiger partial charge in [0.1, 0.15) is 0 Å². The van der Waals surface area contributed by atoms with E-state index in [0.717, 1.165) is 31.2 Å². The van der Waals surface area contributed by atoms with Crippen molar-refractivity contribution in [1.29, 1.82) is 0 Å². The Morgan fingerprint density at radius 3 is 1.32 bits per heavy atom. The van der Waals surface area contributed by atoms with Gasteiger partial charge in [0.2, 0.25) is 0 Å². The molecule has 0 spiro atoms. The topological polar surface area (TPSA) is 42.9 Å². The molecule has 2 aromatic heterocycles. The van der Waals surface area contributed by atoms with Crippen LogP contribution < -0.4 is 0 Å². The van der Waals surface area contributed by atoms with Crippen LogP contribution in [-0.4, -0.2) is 15.8 Å². The summed E-state index contributed by atoms with van der Waals surface area (Å²) >= 11 is 6.86. The fraction of sp³-hybridized carbons (Fsp3) is 0. The molecule has 0 aliphatic carbocycles. The zero-order valence-corrected chi connectivity index (χ0v) is 17.8. The predicted molar refractivity (Wildman–Crippen MR) is 118 cm³/mol. The summed E-state index contributed by atoms with van der Waals surface area (Å²) in [7, 11) is 0. The molecule has 0 N–H and O–H groups in total. The van der Waals surface area contributed by atoms with E-state index in [4.69, 9.17) is 0 Å². The fourth-order valence-corrected chi connectivity index (χ4v) is 3.66. The molecule has 2 aromatic carbocycles. The minimum absolute atomic E-state index is 0.00201. The van der Waals surface area contributed by atoms with Crippen molar-refractivity contribution in [2.45, 2.75) is 0 Å². The molecule has 0 radical (unpaired) electrons. The maximum absolute atomic E-state index is 12.8. The van der Waals surface area contributed by atoms with Gasteiger partial charge in [-0.3, -0.25) is 14.8 Å². The number of nitrogens with zero attached hydrogens (tertiary/aromatic N) is 2. The van der Waals surface area contributed by atoms with Gasteiger partial charge in [0.15, 0.2) is 5.78 Å². The van der Waals surface area contributed by atoms with Crippen LogP contribution in [-0.2, 0) is 0 Å². The lowest BCUT2D eigenvalue weighted by Crippen LogP contribution is -2.01. The summed E-state index contributed by atoms with van der Waals surface area (Å²) in [6.07, 6.45) is 7.10. The number of carbonyl (C=O) groups is 1. The standard InChI is InChI=1S/C23H14Br2N2O/c24-21-9-19(11-26-13-21)15-1-5-17(6-2-15)23(28)18-7-3-16(4-8-18)20-10-22(25)14-27-12-20/h1-14H. The number of benzene rings is 2. The van der Waals surface area contributed by atoms with Gasteiger partial charge >= 0.3 is 0 Å². The summed E-state index contributed by atoms with van der Waals surface area (Å²) < 4.78 is 1.84. The molecule has 0 fully saturated rings. The first-order valence-corrected chi connectivity index (χ1v) is 10.2. The lowest BCUT2D eigenvalue weighted by atomic mass is 9.98. The number of aromatic nitrogens is 2. The van der Waals surface area contributed by atoms with Gasteiger partial charge in [-0.25, -0.2) is 0 Å². The Kier molecular flexibility index (Phi) is 5.46. The van der Waals surface area contributed by atoms with Gasteiger partial charge in [0.25, 0.3) is 0 Å². The normalized spacial score (nSPS) is 10.6. The molecule has 0 amide bonds. The first-order chi connectivity index (χ1) is 13.6. The van der Waals surface area contributed by atoms with Crippen LogP contribution >= 0.6 is 31.9 Å². The second-order valence-corrected chi connectivity index (χ2v) is 8.10. The molecular formula is C23H14Br2N2O. The maximum atomic E-state index is 12.8. The maximum Gasteiger partial charge on any atom is 0.193 e. The molecule has 0 bridgehead atoms. The molecule has 0 aliphatic rings. The van der Waals surface area contributed by atoms with E-state index in [0.29, 0.717) is 11.1 Å². The van der Waals surface area contributed by atoms with E-state index < -0.39 is 0 Å². The minimum atomic E-state index is -0.00201. The number of rotatable bonds is 4. The van der Waals surface area contributed by atoms with Crippen LogP contribution in [0, 0.1) is 0 Å². The van der Waals surface area contributed by atoms with Crippen LogP contribution in [0.15, 0.2) is 94.4 Å². The molecule has 4 aromatic rings. The third-order valence-electron chi connectivity index (χ3n) is 4.37. The van der Waals surface area contributed by atoms with Crippen molar-refractivity contribution in [3.63, 3.8) is 0 Å². The van der Waals surface area contributed by atoms with Crippen molar-refractivity contribution >= 4 is 37.6 Å². The number of halogens is 2. The van der Waals surface area contributed by atoms with E-state index in [1.807, 2.05) is 60.7 Å². The molecule has 5 heteroatoms. The summed E-state index contributed by atoms with van der Waals surface area (Å²) in [6.45, 7) is 0. The molecule has 0 aliphatic heterocycles. The number of pyridine rings is 2. The lowest BCUT2D eigenvalue weighted by Gasteiger charge is -2.06. The SMILES string of the molecule is O=C(c1ccc(-c2cncc(Br)c2)cc1)c1ccc(-c2cncc(Br)c2)cc1. The lowest BCUT2D eigenvalue weighted by molar-refractivity contribution is 0.103. The predicted octanol–water partition coefficient (Wildman–Crippen LogP) is 6.57. The Morgan fingerprint density at radius 1 is 0.571 bits per heavy atom. The Bertz CT molecular complexity index is 1050. The van der Waals surface area contributed by atoms with Gasteiger partial charge in [0.05, 0.1) is 0 Å². The van der Waals surface area contributed by atoms with Crippen molar-refractivity contribution in [3.8, 4) is 22.3 Å². The Balaban J connectivity index is 1.56. The van der Waals surface area contributed by atoms with Crippen molar-refractivity contribution in [2.24, 2.45) is 0 Å². The third kappa shape index (κ3) is 4.11. The Morgan fingerprint density at radius 2 is 0.964 bits per heavy atom. The molecule has 28 heavy (non-hydrogen) atoms. The molecule has 2 heterocycles. The van der Waals surface area contributed by atoms with E-state index in [9.17, 15) is 4.79 Å². The smallest absolute Gasteiger partial charge is 0.193 e. The van der Waals surface area contributed by atoms with E-state index in [1.54, 1.807) is 24.8 Å². The summed E-state index contributed by atoms with van der Waals surface area (Å²) in [5.74, 6) is -0.00201. The van der Waals surface area contributed by atoms with Crippen molar-refractivity contribution in [2.75, 3.05) is 0 Å². The van der Waals surface area contributed by atoms with E-state index in [2.05, 4.69) is 41.8 Å². The van der Waals surface area contributed by atoms with Crippen LogP contribution in [0.3, 0.4) is 0 Å². The van der Waals surface area contributed by atoms with Gasteiger partial charge in [-0.2, -0.15) is 0 Å². The summed E-state index contributed by atoms with van der Waals surface area (Å²) in [5, 5.41) is 0. The monoisotopic (exact) mass is 492 g/mol. The van der Waals surface area contributed by atoms with Crippen LogP contribution in [0.25, 0.3) is 22.3 Å². The Labute approximate surface area is 179 Å². The van der Waals surface area contributed by atoms with Crippen LogP contribution in [0.4, 0.5) is 0 Å².